The summed E-state index contributed by atoms with van der Waals surface area (Å²) >= 11 is 3.18. The van der Waals surface area contributed by atoms with E-state index >= 15 is 0 Å². The van der Waals surface area contributed by atoms with Gasteiger partial charge in [0.05, 0.1) is 25.8 Å². The van der Waals surface area contributed by atoms with Gasteiger partial charge in [0.2, 0.25) is 0 Å². The first-order valence-electron chi connectivity index (χ1n) is 4.13. The van der Waals surface area contributed by atoms with Gasteiger partial charge in [-0.3, -0.25) is 9.78 Å². The van der Waals surface area contributed by atoms with Crippen LogP contribution in [0.1, 0.15) is 18.1 Å². The first-order chi connectivity index (χ1) is 7.06. The molecule has 0 saturated heterocycles. The molecule has 0 bridgehead atoms. The molecule has 2 N–H and O–H groups in total. The summed E-state index contributed by atoms with van der Waals surface area (Å²) in [4.78, 5) is 14.3. The van der Waals surface area contributed by atoms with Gasteiger partial charge in [-0.05, 0) is 15.9 Å². The van der Waals surface area contributed by atoms with Gasteiger partial charge in [-0.1, -0.05) is 0 Å². The Kier molecular flexibility index (Phi) is 4.05. The number of ether oxygens (including phenoxy) is 1. The van der Waals surface area contributed by atoms with Crippen molar-refractivity contribution in [1.29, 1.82) is 0 Å². The van der Waals surface area contributed by atoms with Crippen LogP contribution < -0.4 is 4.74 Å². The molecule has 1 aromatic heterocycles. The van der Waals surface area contributed by atoms with Crippen LogP contribution in [-0.4, -0.2) is 28.3 Å². The van der Waals surface area contributed by atoms with E-state index in [0.717, 1.165) is 0 Å². The minimum Gasteiger partial charge on any atom is -0.495 e. The van der Waals surface area contributed by atoms with E-state index in [2.05, 4.69) is 20.9 Å². The quantitative estimate of drug-likeness (QED) is 0.868. The Labute approximate surface area is 94.8 Å². The van der Waals surface area contributed by atoms with Crippen molar-refractivity contribution in [3.8, 4) is 5.75 Å². The molecule has 0 aromatic carbocycles. The summed E-state index contributed by atoms with van der Waals surface area (Å²) in [5.41, 5.74) is 0.398. The molecule has 0 aliphatic heterocycles. The summed E-state index contributed by atoms with van der Waals surface area (Å²) in [6.45, 7) is 0. The van der Waals surface area contributed by atoms with E-state index in [-0.39, 0.29) is 6.42 Å². The van der Waals surface area contributed by atoms with Crippen LogP contribution in [0, 0.1) is 0 Å². The monoisotopic (exact) mass is 275 g/mol. The molecule has 5 nitrogen and oxygen atoms in total. The van der Waals surface area contributed by atoms with Crippen molar-refractivity contribution < 1.29 is 19.7 Å². The number of rotatable bonds is 4. The van der Waals surface area contributed by atoms with Crippen LogP contribution >= 0.6 is 15.9 Å². The summed E-state index contributed by atoms with van der Waals surface area (Å²) in [6.07, 6.45) is 1.40. The van der Waals surface area contributed by atoms with Crippen LogP contribution in [0.25, 0.3) is 0 Å². The highest BCUT2D eigenvalue weighted by molar-refractivity contribution is 9.10. The predicted octanol–water partition coefficient (Wildman–Crippen LogP) is 1.36. The smallest absolute Gasteiger partial charge is 0.306 e. The maximum absolute atomic E-state index is 10.5. The number of aromatic nitrogens is 1. The number of hydrogen-bond acceptors (Lipinski definition) is 4. The van der Waals surface area contributed by atoms with Crippen LogP contribution in [0.15, 0.2) is 16.9 Å². The van der Waals surface area contributed by atoms with Gasteiger partial charge < -0.3 is 14.9 Å². The maximum Gasteiger partial charge on any atom is 0.306 e. The van der Waals surface area contributed by atoms with Crippen molar-refractivity contribution in [2.45, 2.75) is 12.5 Å². The highest BCUT2D eigenvalue weighted by atomic mass is 79.9. The summed E-state index contributed by atoms with van der Waals surface area (Å²) in [5.74, 6) is -0.716. The molecule has 0 amide bonds. The van der Waals surface area contributed by atoms with Crippen LogP contribution in [-0.2, 0) is 4.79 Å². The number of hydrogen-bond donors (Lipinski definition) is 2. The highest BCUT2D eigenvalue weighted by Gasteiger charge is 2.19. The molecule has 0 aliphatic carbocycles. The molecule has 0 saturated carbocycles. The van der Waals surface area contributed by atoms with Crippen LogP contribution in [0.3, 0.4) is 0 Å². The number of carbonyl (C=O) groups is 1. The molecular weight excluding hydrogens is 266 g/mol. The molecule has 1 heterocycles. The first-order valence-corrected chi connectivity index (χ1v) is 4.92. The number of halogens is 1. The van der Waals surface area contributed by atoms with E-state index in [0.29, 0.717) is 15.8 Å². The lowest BCUT2D eigenvalue weighted by molar-refractivity contribution is -0.139. The van der Waals surface area contributed by atoms with Crippen molar-refractivity contribution in [2.75, 3.05) is 7.11 Å². The van der Waals surface area contributed by atoms with Crippen molar-refractivity contribution in [1.82, 2.24) is 4.98 Å². The molecule has 0 aliphatic rings. The number of aliphatic hydroxyl groups excluding tert-OH is 1. The van der Waals surface area contributed by atoms with E-state index in [9.17, 15) is 9.90 Å². The predicted molar refractivity (Wildman–Crippen MR) is 55.7 cm³/mol. The summed E-state index contributed by atoms with van der Waals surface area (Å²) in [7, 11) is 1.43. The summed E-state index contributed by atoms with van der Waals surface area (Å²) in [6, 6.07) is 0. The lowest BCUT2D eigenvalue weighted by atomic mass is 10.1. The van der Waals surface area contributed by atoms with Crippen molar-refractivity contribution in [2.24, 2.45) is 0 Å². The normalized spacial score (nSPS) is 12.2. The number of carboxylic acid groups (broad SMARTS) is 1. The fraction of sp³-hybridized carbons (Fsp3) is 0.333. The van der Waals surface area contributed by atoms with E-state index < -0.39 is 12.1 Å². The standard InChI is InChI=1S/C9H10BrNO4/c1-15-7-4-11-3-5(10)9(7)6(12)2-8(13)14/h3-4,6,12H,2H2,1H3,(H,13,14). The van der Waals surface area contributed by atoms with Gasteiger partial charge in [-0.25, -0.2) is 0 Å². The molecule has 1 rings (SSSR count). The largest absolute Gasteiger partial charge is 0.495 e. The SMILES string of the molecule is COc1cncc(Br)c1C(O)CC(=O)O. The lowest BCUT2D eigenvalue weighted by Gasteiger charge is -2.14. The van der Waals surface area contributed by atoms with E-state index in [1.165, 1.54) is 19.5 Å². The van der Waals surface area contributed by atoms with Gasteiger partial charge in [0.1, 0.15) is 5.75 Å². The minimum absolute atomic E-state index is 0.359. The topological polar surface area (TPSA) is 79.7 Å². The van der Waals surface area contributed by atoms with Crippen LogP contribution in [0.4, 0.5) is 0 Å². The molecule has 0 spiro atoms. The third kappa shape index (κ3) is 2.90. The van der Waals surface area contributed by atoms with Gasteiger partial charge in [0.15, 0.2) is 0 Å². The number of pyridine rings is 1. The molecule has 0 radical (unpaired) electrons. The maximum atomic E-state index is 10.5. The second kappa shape index (κ2) is 5.09. The number of aliphatic carboxylic acids is 1. The van der Waals surface area contributed by atoms with E-state index in [1.807, 2.05) is 0 Å². The van der Waals surface area contributed by atoms with Gasteiger partial charge in [-0.15, -0.1) is 0 Å². The van der Waals surface area contributed by atoms with E-state index in [4.69, 9.17) is 9.84 Å². The van der Waals surface area contributed by atoms with E-state index in [1.54, 1.807) is 0 Å². The number of aliphatic hydroxyl groups is 1. The summed E-state index contributed by atoms with van der Waals surface area (Å²) < 4.78 is 5.51. The number of methoxy groups -OCH3 is 1. The lowest BCUT2D eigenvalue weighted by Crippen LogP contribution is -2.08. The Hall–Kier alpha value is -1.14. The average Bonchev–Trinajstić information content (AvgIpc) is 2.15. The third-order valence-electron chi connectivity index (χ3n) is 1.82. The van der Waals surface area contributed by atoms with Gasteiger partial charge in [0.25, 0.3) is 0 Å². The Balaban J connectivity index is 3.05. The molecule has 1 aromatic rings. The highest BCUT2D eigenvalue weighted by Crippen LogP contribution is 2.32. The van der Waals surface area contributed by atoms with Crippen LogP contribution in [0.5, 0.6) is 5.75 Å². The zero-order chi connectivity index (χ0) is 11.4. The first kappa shape index (κ1) is 11.9. The average molecular weight is 276 g/mol. The number of carboxylic acids is 1. The Morgan fingerprint density at radius 3 is 2.87 bits per heavy atom. The molecule has 6 heteroatoms. The molecule has 82 valence electrons. The fourth-order valence-electron chi connectivity index (χ4n) is 1.18. The molecule has 0 fully saturated rings. The molecule has 15 heavy (non-hydrogen) atoms. The molecular formula is C9H10BrNO4. The Bertz CT molecular complexity index is 369. The molecule has 1 atom stereocenters. The van der Waals surface area contributed by atoms with Gasteiger partial charge >= 0.3 is 5.97 Å². The van der Waals surface area contributed by atoms with Crippen molar-refractivity contribution in [3.05, 3.63) is 22.4 Å². The Morgan fingerprint density at radius 1 is 1.67 bits per heavy atom. The second-order valence-electron chi connectivity index (χ2n) is 2.85. The third-order valence-corrected chi connectivity index (χ3v) is 2.46. The minimum atomic E-state index is -1.12. The fourth-order valence-corrected chi connectivity index (χ4v) is 1.76. The second-order valence-corrected chi connectivity index (χ2v) is 3.71. The van der Waals surface area contributed by atoms with Gasteiger partial charge in [0, 0.05) is 16.2 Å². The zero-order valence-electron chi connectivity index (χ0n) is 7.98. The van der Waals surface area contributed by atoms with Crippen molar-refractivity contribution >= 4 is 21.9 Å². The van der Waals surface area contributed by atoms with Crippen LogP contribution in [0.2, 0.25) is 0 Å². The molecule has 1 unspecified atom stereocenters. The summed E-state index contributed by atoms with van der Waals surface area (Å²) in [5, 5.41) is 18.2. The van der Waals surface area contributed by atoms with Crippen molar-refractivity contribution in [3.63, 3.8) is 0 Å². The Morgan fingerprint density at radius 2 is 2.33 bits per heavy atom. The van der Waals surface area contributed by atoms with Gasteiger partial charge in [-0.2, -0.15) is 0 Å². The number of nitrogens with zero attached hydrogens (tertiary/aromatic N) is 1. The zero-order valence-corrected chi connectivity index (χ0v) is 9.56.